The Morgan fingerprint density at radius 1 is 1.13 bits per heavy atom. The van der Waals surface area contributed by atoms with Crippen molar-refractivity contribution in [3.63, 3.8) is 0 Å². The highest BCUT2D eigenvalue weighted by Gasteiger charge is 2.36. The number of ether oxygens (including phenoxy) is 1. The first-order chi connectivity index (χ1) is 14.5. The van der Waals surface area contributed by atoms with E-state index in [-0.39, 0.29) is 24.7 Å². The van der Waals surface area contributed by atoms with E-state index in [1.54, 1.807) is 6.08 Å². The fourth-order valence-corrected chi connectivity index (χ4v) is 3.91. The fourth-order valence-electron chi connectivity index (χ4n) is 3.91. The molecule has 6 nitrogen and oxygen atoms in total. The molecule has 0 saturated carbocycles. The van der Waals surface area contributed by atoms with Crippen LogP contribution in [0.15, 0.2) is 23.3 Å². The minimum Gasteiger partial charge on any atom is -0.481 e. The van der Waals surface area contributed by atoms with Gasteiger partial charge in [0.15, 0.2) is 0 Å². The average Bonchev–Trinajstić information content (AvgIpc) is 2.97. The van der Waals surface area contributed by atoms with Crippen LogP contribution in [0.5, 0.6) is 0 Å². The monoisotopic (exact) mass is 438 g/mol. The Morgan fingerprint density at radius 2 is 1.81 bits per heavy atom. The van der Waals surface area contributed by atoms with Gasteiger partial charge in [-0.1, -0.05) is 56.8 Å². The Balaban J connectivity index is 2.86. The molecule has 1 aliphatic carbocycles. The zero-order valence-electron chi connectivity index (χ0n) is 19.7. The highest BCUT2D eigenvalue weighted by Crippen LogP contribution is 2.38. The lowest BCUT2D eigenvalue weighted by Gasteiger charge is -2.20. The summed E-state index contributed by atoms with van der Waals surface area (Å²) < 4.78 is 5.56. The van der Waals surface area contributed by atoms with E-state index >= 15 is 0 Å². The molecule has 0 spiro atoms. The summed E-state index contributed by atoms with van der Waals surface area (Å²) in [5.41, 5.74) is 0.820. The molecule has 0 aliphatic heterocycles. The van der Waals surface area contributed by atoms with Crippen LogP contribution in [-0.4, -0.2) is 45.1 Å². The summed E-state index contributed by atoms with van der Waals surface area (Å²) in [6, 6.07) is 0. The molecule has 6 heteroatoms. The van der Waals surface area contributed by atoms with Crippen molar-refractivity contribution in [1.82, 2.24) is 0 Å². The van der Waals surface area contributed by atoms with Crippen LogP contribution in [0.3, 0.4) is 0 Å². The molecule has 3 N–H and O–H groups in total. The first kappa shape index (κ1) is 27.4. The van der Waals surface area contributed by atoms with E-state index in [1.807, 2.05) is 26.8 Å². The number of rotatable bonds is 14. The summed E-state index contributed by atoms with van der Waals surface area (Å²) in [6.07, 6.45) is 10.4. The van der Waals surface area contributed by atoms with Crippen LogP contribution in [-0.2, 0) is 14.3 Å². The molecule has 178 valence electrons. The molecule has 0 heterocycles. The number of hydrogen-bond donors (Lipinski definition) is 3. The largest absolute Gasteiger partial charge is 0.481 e. The number of carbonyl (C=O) groups is 2. The van der Waals surface area contributed by atoms with Crippen molar-refractivity contribution in [3.05, 3.63) is 23.3 Å². The first-order valence-corrected chi connectivity index (χ1v) is 11.8. The predicted molar refractivity (Wildman–Crippen MR) is 122 cm³/mol. The van der Waals surface area contributed by atoms with Gasteiger partial charge in [0.05, 0.1) is 12.2 Å². The lowest BCUT2D eigenvalue weighted by atomic mass is 9.92. The number of carbonyl (C=O) groups excluding carboxylic acids is 1. The van der Waals surface area contributed by atoms with Gasteiger partial charge in [0.1, 0.15) is 5.60 Å². The summed E-state index contributed by atoms with van der Waals surface area (Å²) in [7, 11) is 0. The van der Waals surface area contributed by atoms with Gasteiger partial charge in [0.25, 0.3) is 0 Å². The van der Waals surface area contributed by atoms with Gasteiger partial charge >= 0.3 is 11.9 Å². The molecule has 0 aromatic heterocycles. The predicted octanol–water partition coefficient (Wildman–Crippen LogP) is 4.93. The minimum atomic E-state index is -0.781. The van der Waals surface area contributed by atoms with Crippen molar-refractivity contribution in [2.75, 3.05) is 0 Å². The Bertz CT molecular complexity index is 628. The second-order valence-corrected chi connectivity index (χ2v) is 9.56. The van der Waals surface area contributed by atoms with Gasteiger partial charge in [-0.2, -0.15) is 0 Å². The number of aliphatic hydroxyl groups excluding tert-OH is 2. The van der Waals surface area contributed by atoms with E-state index < -0.39 is 23.8 Å². The van der Waals surface area contributed by atoms with Gasteiger partial charge in [-0.3, -0.25) is 4.79 Å². The Hall–Kier alpha value is -1.66. The van der Waals surface area contributed by atoms with Crippen molar-refractivity contribution in [2.24, 2.45) is 5.92 Å². The maximum atomic E-state index is 12.8. The van der Waals surface area contributed by atoms with Crippen LogP contribution in [0, 0.1) is 5.92 Å². The number of unbranched alkanes of at least 4 members (excludes halogenated alkanes) is 5. The quantitative estimate of drug-likeness (QED) is 0.202. The SMILES string of the molecule is CCCCC[C@H](O)C=C[C@@H]1C(CCCCCCC(=O)O)=C(C(=O)OC(C)(C)C)C[C@H]1O. The van der Waals surface area contributed by atoms with Gasteiger partial charge in [0.2, 0.25) is 0 Å². The maximum absolute atomic E-state index is 12.8. The number of aliphatic carboxylic acids is 1. The summed E-state index contributed by atoms with van der Waals surface area (Å²) in [4.78, 5) is 23.4. The molecule has 1 rings (SSSR count). The van der Waals surface area contributed by atoms with Gasteiger partial charge in [-0.05, 0) is 46.5 Å². The summed E-state index contributed by atoms with van der Waals surface area (Å²) in [5.74, 6) is -1.47. The number of carboxylic acids is 1. The average molecular weight is 439 g/mol. The van der Waals surface area contributed by atoms with Crippen LogP contribution in [0.1, 0.15) is 98.3 Å². The van der Waals surface area contributed by atoms with Gasteiger partial charge < -0.3 is 20.1 Å². The molecule has 0 bridgehead atoms. The van der Waals surface area contributed by atoms with E-state index in [4.69, 9.17) is 9.84 Å². The smallest absolute Gasteiger partial charge is 0.334 e. The van der Waals surface area contributed by atoms with Crippen LogP contribution < -0.4 is 0 Å². The maximum Gasteiger partial charge on any atom is 0.334 e. The fraction of sp³-hybridized carbons (Fsp3) is 0.760. The second-order valence-electron chi connectivity index (χ2n) is 9.56. The van der Waals surface area contributed by atoms with E-state index in [0.717, 1.165) is 44.1 Å². The normalized spacial score (nSPS) is 20.5. The molecule has 0 aromatic rings. The summed E-state index contributed by atoms with van der Waals surface area (Å²) in [6.45, 7) is 7.59. The van der Waals surface area contributed by atoms with Gasteiger partial charge in [-0.15, -0.1) is 0 Å². The number of hydrogen-bond acceptors (Lipinski definition) is 5. The van der Waals surface area contributed by atoms with Crippen molar-refractivity contribution in [1.29, 1.82) is 0 Å². The van der Waals surface area contributed by atoms with Crippen LogP contribution in [0.25, 0.3) is 0 Å². The molecular formula is C25H42O6. The van der Waals surface area contributed by atoms with Crippen molar-refractivity contribution in [3.8, 4) is 0 Å². The molecular weight excluding hydrogens is 396 g/mol. The highest BCUT2D eigenvalue weighted by atomic mass is 16.6. The topological polar surface area (TPSA) is 104 Å². The Morgan fingerprint density at radius 3 is 2.42 bits per heavy atom. The van der Waals surface area contributed by atoms with Gasteiger partial charge in [-0.25, -0.2) is 4.79 Å². The number of aliphatic hydroxyl groups is 2. The molecule has 0 fully saturated rings. The third-order valence-corrected chi connectivity index (χ3v) is 5.49. The van der Waals surface area contributed by atoms with Crippen molar-refractivity contribution < 1.29 is 29.6 Å². The third-order valence-electron chi connectivity index (χ3n) is 5.49. The molecule has 1 aliphatic rings. The van der Waals surface area contributed by atoms with Crippen molar-refractivity contribution >= 4 is 11.9 Å². The first-order valence-electron chi connectivity index (χ1n) is 11.8. The zero-order chi connectivity index (χ0) is 23.4. The van der Waals surface area contributed by atoms with Crippen LogP contribution in [0.4, 0.5) is 0 Å². The lowest BCUT2D eigenvalue weighted by molar-refractivity contribution is -0.150. The Kier molecular flexibility index (Phi) is 12.1. The van der Waals surface area contributed by atoms with Gasteiger partial charge in [0, 0.05) is 24.3 Å². The zero-order valence-corrected chi connectivity index (χ0v) is 19.7. The van der Waals surface area contributed by atoms with Crippen molar-refractivity contribution in [2.45, 2.75) is 116 Å². The molecule has 0 saturated heterocycles. The summed E-state index contributed by atoms with van der Waals surface area (Å²) in [5, 5.41) is 29.6. The highest BCUT2D eigenvalue weighted by molar-refractivity contribution is 5.90. The van der Waals surface area contributed by atoms with E-state index in [0.29, 0.717) is 24.8 Å². The van der Waals surface area contributed by atoms with E-state index in [2.05, 4.69) is 6.92 Å². The molecule has 3 atom stereocenters. The number of esters is 1. The van der Waals surface area contributed by atoms with E-state index in [1.165, 1.54) is 0 Å². The molecule has 0 aromatic carbocycles. The van der Waals surface area contributed by atoms with E-state index in [9.17, 15) is 19.8 Å². The molecule has 0 amide bonds. The third kappa shape index (κ3) is 11.0. The minimum absolute atomic E-state index is 0.172. The molecule has 0 unspecified atom stereocenters. The summed E-state index contributed by atoms with van der Waals surface area (Å²) >= 11 is 0. The Labute approximate surface area is 187 Å². The van der Waals surface area contributed by atoms with Crippen LogP contribution in [0.2, 0.25) is 0 Å². The lowest BCUT2D eigenvalue weighted by Crippen LogP contribution is -2.25. The van der Waals surface area contributed by atoms with Crippen LogP contribution >= 0.6 is 0 Å². The molecule has 0 radical (unpaired) electrons. The second kappa shape index (κ2) is 13.7. The molecule has 31 heavy (non-hydrogen) atoms. The standard InChI is InChI=1S/C25H42O6/c1-5-6-9-12-18(26)15-16-20-19(13-10-7-8-11-14-23(28)29)21(17-22(20)27)24(30)31-25(2,3)4/h15-16,18,20,22,26-27H,5-14,17H2,1-4H3,(H,28,29)/t18-,20+,22+/m0/s1. The number of carboxylic acid groups (broad SMARTS) is 1.